The molecule has 0 aliphatic rings. The van der Waals surface area contributed by atoms with Crippen LogP contribution in [0.15, 0.2) is 85.0 Å². The van der Waals surface area contributed by atoms with Gasteiger partial charge < -0.3 is 14.2 Å². The van der Waals surface area contributed by atoms with Crippen LogP contribution in [0.2, 0.25) is 0 Å². The van der Waals surface area contributed by atoms with E-state index in [0.29, 0.717) is 32.6 Å². The zero-order valence-corrected chi connectivity index (χ0v) is 39.4. The van der Waals surface area contributed by atoms with Crippen LogP contribution in [0.5, 0.6) is 0 Å². The molecule has 0 saturated heterocycles. The number of carbonyl (C=O) groups excluding carboxylic acids is 3. The lowest BCUT2D eigenvalue weighted by molar-refractivity contribution is -0.150. The van der Waals surface area contributed by atoms with Crippen LogP contribution in [-0.2, 0) is 41.8 Å². The SMILES string of the molecule is CN(C)CC(=O)OC(CCCCCCCC/C=C\CCCCCCCC(=O)OCc1ccccc1)CCCCCCCC/C=C\CCCCCCCC(=O)OCc1ccccc1. The first-order chi connectivity index (χ1) is 30.4. The Balaban J connectivity index is 1.36. The van der Waals surface area contributed by atoms with Crippen LogP contribution in [0.3, 0.4) is 0 Å². The lowest BCUT2D eigenvalue weighted by Gasteiger charge is -2.19. The molecule has 0 spiro atoms. The molecule has 2 aromatic carbocycles. The number of allylic oxidation sites excluding steroid dienone is 4. The molecule has 348 valence electrons. The number of nitrogens with zero attached hydrogens (tertiary/aromatic N) is 1. The number of unbranched alkanes of at least 4 members (excludes halogenated alkanes) is 22. The Morgan fingerprint density at radius 2 is 0.758 bits per heavy atom. The van der Waals surface area contributed by atoms with Gasteiger partial charge in [0.25, 0.3) is 0 Å². The minimum Gasteiger partial charge on any atom is -0.461 e. The van der Waals surface area contributed by atoms with Crippen molar-refractivity contribution in [1.29, 1.82) is 0 Å². The van der Waals surface area contributed by atoms with Gasteiger partial charge in [-0.25, -0.2) is 0 Å². The van der Waals surface area contributed by atoms with Gasteiger partial charge in [-0.3, -0.25) is 19.3 Å². The molecule has 0 radical (unpaired) electrons. The Hall–Kier alpha value is -3.71. The van der Waals surface area contributed by atoms with E-state index in [9.17, 15) is 14.4 Å². The van der Waals surface area contributed by atoms with Crippen LogP contribution < -0.4 is 0 Å². The maximum Gasteiger partial charge on any atom is 0.320 e. The molecule has 7 nitrogen and oxygen atoms in total. The second-order valence-corrected chi connectivity index (χ2v) is 17.6. The fourth-order valence-electron chi connectivity index (χ4n) is 7.64. The molecule has 62 heavy (non-hydrogen) atoms. The normalized spacial score (nSPS) is 11.6. The van der Waals surface area contributed by atoms with Crippen LogP contribution in [0.4, 0.5) is 0 Å². The number of hydrogen-bond acceptors (Lipinski definition) is 7. The molecule has 0 bridgehead atoms. The van der Waals surface area contributed by atoms with E-state index in [1.807, 2.05) is 79.7 Å². The van der Waals surface area contributed by atoms with Crippen molar-refractivity contribution in [3.63, 3.8) is 0 Å². The lowest BCUT2D eigenvalue weighted by atomic mass is 10.0. The number of ether oxygens (including phenoxy) is 3. The molecule has 0 amide bonds. The van der Waals surface area contributed by atoms with Gasteiger partial charge in [-0.2, -0.15) is 0 Å². The zero-order valence-electron chi connectivity index (χ0n) is 39.4. The number of carbonyl (C=O) groups is 3. The Bertz CT molecular complexity index is 1310. The number of hydrogen-bond donors (Lipinski definition) is 0. The average molecular weight is 858 g/mol. The molecule has 0 aliphatic heterocycles. The van der Waals surface area contributed by atoms with Gasteiger partial charge >= 0.3 is 17.9 Å². The van der Waals surface area contributed by atoms with E-state index in [2.05, 4.69) is 24.3 Å². The van der Waals surface area contributed by atoms with E-state index in [-0.39, 0.29) is 24.0 Å². The maximum absolute atomic E-state index is 12.5. The Morgan fingerprint density at radius 3 is 1.11 bits per heavy atom. The van der Waals surface area contributed by atoms with Gasteiger partial charge in [0.1, 0.15) is 19.3 Å². The first-order valence-electron chi connectivity index (χ1n) is 25.0. The summed E-state index contributed by atoms with van der Waals surface area (Å²) < 4.78 is 16.7. The highest BCUT2D eigenvalue weighted by atomic mass is 16.5. The lowest BCUT2D eigenvalue weighted by Crippen LogP contribution is -2.27. The summed E-state index contributed by atoms with van der Waals surface area (Å²) in [5.74, 6) is -0.274. The first-order valence-corrected chi connectivity index (χ1v) is 25.0. The van der Waals surface area contributed by atoms with Crippen molar-refractivity contribution < 1.29 is 28.6 Å². The molecule has 7 heteroatoms. The smallest absolute Gasteiger partial charge is 0.320 e. The summed E-state index contributed by atoms with van der Waals surface area (Å²) in [5.41, 5.74) is 2.07. The van der Waals surface area contributed by atoms with Gasteiger partial charge in [0, 0.05) is 12.8 Å². The second kappa shape index (κ2) is 40.1. The van der Waals surface area contributed by atoms with Gasteiger partial charge in [-0.1, -0.05) is 175 Å². The van der Waals surface area contributed by atoms with Crippen LogP contribution in [0.25, 0.3) is 0 Å². The summed E-state index contributed by atoms with van der Waals surface area (Å²) in [4.78, 5) is 38.2. The van der Waals surface area contributed by atoms with Crippen molar-refractivity contribution in [3.8, 4) is 0 Å². The predicted molar refractivity (Wildman–Crippen MR) is 258 cm³/mol. The third kappa shape index (κ3) is 34.8. The van der Waals surface area contributed by atoms with Crippen molar-refractivity contribution >= 4 is 17.9 Å². The van der Waals surface area contributed by atoms with Crippen molar-refractivity contribution in [2.45, 2.75) is 212 Å². The molecule has 2 aromatic rings. The summed E-state index contributed by atoms with van der Waals surface area (Å²) in [5, 5.41) is 0. The number of rotatable bonds is 41. The monoisotopic (exact) mass is 858 g/mol. The van der Waals surface area contributed by atoms with Crippen molar-refractivity contribution in [3.05, 3.63) is 96.1 Å². The predicted octanol–water partition coefficient (Wildman–Crippen LogP) is 14.8. The topological polar surface area (TPSA) is 82.1 Å². The third-order valence-corrected chi connectivity index (χ3v) is 11.4. The van der Waals surface area contributed by atoms with E-state index in [0.717, 1.165) is 75.3 Å². The molecule has 0 fully saturated rings. The largest absolute Gasteiger partial charge is 0.461 e. The number of benzene rings is 2. The van der Waals surface area contributed by atoms with E-state index >= 15 is 0 Å². The highest BCUT2D eigenvalue weighted by molar-refractivity contribution is 5.71. The standard InChI is InChI=1S/C55H87NO6/c1-56(2)47-55(59)62-52(43-35-25-21-17-13-9-5-3-7-11-15-19-23-27-37-45-53(57)60-48-50-39-31-29-32-40-50)44-36-26-22-18-14-10-6-4-8-12-16-20-24-28-38-46-54(58)61-49-51-41-33-30-34-42-51/h3-4,7-8,29-34,39-42,52H,5-6,9-28,35-38,43-49H2,1-2H3/b7-3-,8-4-. The fraction of sp³-hybridized carbons (Fsp3) is 0.655. The summed E-state index contributed by atoms with van der Waals surface area (Å²) in [6, 6.07) is 19.7. The van der Waals surface area contributed by atoms with Crippen LogP contribution in [-0.4, -0.2) is 49.6 Å². The minimum atomic E-state index is -0.0935. The minimum absolute atomic E-state index is 0.0562. The van der Waals surface area contributed by atoms with Crippen LogP contribution >= 0.6 is 0 Å². The first kappa shape index (κ1) is 54.4. The molecule has 0 atom stereocenters. The zero-order chi connectivity index (χ0) is 44.4. The highest BCUT2D eigenvalue weighted by Gasteiger charge is 2.15. The highest BCUT2D eigenvalue weighted by Crippen LogP contribution is 2.18. The van der Waals surface area contributed by atoms with Crippen LogP contribution in [0, 0.1) is 0 Å². The number of likely N-dealkylation sites (N-methyl/N-ethyl adjacent to an activating group) is 1. The maximum atomic E-state index is 12.5. The second-order valence-electron chi connectivity index (χ2n) is 17.6. The average Bonchev–Trinajstić information content (AvgIpc) is 3.27. The van der Waals surface area contributed by atoms with Gasteiger partial charge in [-0.15, -0.1) is 0 Å². The quantitative estimate of drug-likeness (QED) is 0.0285. The Labute approximate surface area is 378 Å². The molecule has 0 heterocycles. The van der Waals surface area contributed by atoms with E-state index < -0.39 is 0 Å². The molecule has 0 unspecified atom stereocenters. The third-order valence-electron chi connectivity index (χ3n) is 11.4. The molecule has 0 aromatic heterocycles. The molecule has 2 rings (SSSR count). The molecule has 0 N–H and O–H groups in total. The summed E-state index contributed by atoms with van der Waals surface area (Å²) >= 11 is 0. The van der Waals surface area contributed by atoms with Crippen LogP contribution in [0.1, 0.15) is 204 Å². The Morgan fingerprint density at radius 1 is 0.435 bits per heavy atom. The molecular formula is C55H87NO6. The van der Waals surface area contributed by atoms with Gasteiger partial charge in [-0.05, 0) is 115 Å². The Kier molecular flexibility index (Phi) is 35.2. The van der Waals surface area contributed by atoms with E-state index in [1.54, 1.807) is 0 Å². The van der Waals surface area contributed by atoms with Crippen molar-refractivity contribution in [1.82, 2.24) is 4.90 Å². The summed E-state index contributed by atoms with van der Waals surface area (Å²) in [7, 11) is 3.84. The molecular weight excluding hydrogens is 771 g/mol. The van der Waals surface area contributed by atoms with E-state index in [1.165, 1.54) is 116 Å². The fourth-order valence-corrected chi connectivity index (χ4v) is 7.64. The number of esters is 3. The van der Waals surface area contributed by atoms with Gasteiger partial charge in [0.15, 0.2) is 0 Å². The van der Waals surface area contributed by atoms with Crippen molar-refractivity contribution in [2.24, 2.45) is 0 Å². The molecule has 0 aliphatic carbocycles. The molecule has 0 saturated carbocycles. The summed E-state index contributed by atoms with van der Waals surface area (Å²) in [6.07, 6.45) is 43.3. The van der Waals surface area contributed by atoms with Crippen molar-refractivity contribution in [2.75, 3.05) is 20.6 Å². The van der Waals surface area contributed by atoms with E-state index in [4.69, 9.17) is 14.2 Å². The van der Waals surface area contributed by atoms with Gasteiger partial charge in [0.2, 0.25) is 0 Å². The van der Waals surface area contributed by atoms with Gasteiger partial charge in [0.05, 0.1) is 6.54 Å². The summed E-state index contributed by atoms with van der Waals surface area (Å²) in [6.45, 7) is 1.10.